The van der Waals surface area contributed by atoms with E-state index in [2.05, 4.69) is 0 Å². The van der Waals surface area contributed by atoms with Gasteiger partial charge in [0, 0.05) is 27.2 Å². The third-order valence-corrected chi connectivity index (χ3v) is 3.60. The number of likely N-dealkylation sites (tertiary alicyclic amines) is 1. The van der Waals surface area contributed by atoms with E-state index >= 15 is 0 Å². The van der Waals surface area contributed by atoms with Gasteiger partial charge >= 0.3 is 12.1 Å². The van der Waals surface area contributed by atoms with Crippen LogP contribution in [0.15, 0.2) is 0 Å². The highest BCUT2D eigenvalue weighted by molar-refractivity contribution is 5.81. The second-order valence-electron chi connectivity index (χ2n) is 5.01. The van der Waals surface area contributed by atoms with Crippen LogP contribution < -0.4 is 0 Å². The number of hydrogen-bond acceptors (Lipinski definition) is 3. The van der Waals surface area contributed by atoms with E-state index in [1.54, 1.807) is 0 Å². The summed E-state index contributed by atoms with van der Waals surface area (Å²) in [5.41, 5.74) is -2.77. The topological polar surface area (TPSA) is 60.9 Å². The lowest BCUT2D eigenvalue weighted by atomic mass is 9.86. The molecule has 1 saturated heterocycles. The maximum absolute atomic E-state index is 13.0. The normalized spacial score (nSPS) is 26.2. The molecule has 1 aliphatic heterocycles. The van der Waals surface area contributed by atoms with Crippen LogP contribution in [0.2, 0.25) is 0 Å². The van der Waals surface area contributed by atoms with Crippen molar-refractivity contribution in [3.05, 3.63) is 0 Å². The van der Waals surface area contributed by atoms with Crippen LogP contribution >= 0.6 is 0 Å². The highest BCUT2D eigenvalue weighted by atomic mass is 19.4. The van der Waals surface area contributed by atoms with Crippen molar-refractivity contribution in [1.82, 2.24) is 9.80 Å². The van der Waals surface area contributed by atoms with E-state index < -0.39 is 36.6 Å². The second kappa shape index (κ2) is 4.99. The predicted molar refractivity (Wildman–Crippen MR) is 60.5 cm³/mol. The second-order valence-corrected chi connectivity index (χ2v) is 5.01. The number of carbonyl (C=O) groups is 2. The number of nitrogens with zero attached hydrogens (tertiary/aromatic N) is 2. The molecule has 0 aromatic carbocycles. The van der Waals surface area contributed by atoms with E-state index in [1.807, 2.05) is 0 Å². The van der Waals surface area contributed by atoms with Crippen molar-refractivity contribution in [3.8, 4) is 0 Å². The highest BCUT2D eigenvalue weighted by Crippen LogP contribution is 2.46. The number of aliphatic carboxylic acids is 1. The molecule has 5 nitrogen and oxygen atoms in total. The van der Waals surface area contributed by atoms with E-state index in [1.165, 1.54) is 30.8 Å². The molecule has 19 heavy (non-hydrogen) atoms. The van der Waals surface area contributed by atoms with Crippen LogP contribution in [0.25, 0.3) is 0 Å². The van der Waals surface area contributed by atoms with Crippen molar-refractivity contribution in [1.29, 1.82) is 0 Å². The molecule has 1 heterocycles. The molecule has 0 aromatic heterocycles. The average Bonchev–Trinajstić information content (AvgIpc) is 2.72. The summed E-state index contributed by atoms with van der Waals surface area (Å²) in [7, 11) is 3.01. The zero-order valence-corrected chi connectivity index (χ0v) is 11.0. The first-order chi connectivity index (χ1) is 8.53. The van der Waals surface area contributed by atoms with Crippen molar-refractivity contribution in [2.24, 2.45) is 5.41 Å². The number of rotatable bonds is 3. The molecular weight excluding hydrogens is 265 g/mol. The van der Waals surface area contributed by atoms with Gasteiger partial charge in [-0.3, -0.25) is 14.5 Å². The molecule has 1 fully saturated rings. The lowest BCUT2D eigenvalue weighted by Crippen LogP contribution is -2.50. The van der Waals surface area contributed by atoms with Gasteiger partial charge in [-0.25, -0.2) is 0 Å². The first-order valence-electron chi connectivity index (χ1n) is 5.78. The van der Waals surface area contributed by atoms with E-state index in [4.69, 9.17) is 5.11 Å². The molecule has 0 saturated carbocycles. The molecular formula is C11H17F3N2O3. The fourth-order valence-electron chi connectivity index (χ4n) is 2.23. The van der Waals surface area contributed by atoms with Crippen molar-refractivity contribution < 1.29 is 27.9 Å². The van der Waals surface area contributed by atoms with Gasteiger partial charge in [0.15, 0.2) is 5.41 Å². The van der Waals surface area contributed by atoms with Gasteiger partial charge < -0.3 is 10.0 Å². The van der Waals surface area contributed by atoms with Crippen molar-refractivity contribution in [3.63, 3.8) is 0 Å². The van der Waals surface area contributed by atoms with Crippen molar-refractivity contribution in [2.75, 3.05) is 27.2 Å². The third-order valence-electron chi connectivity index (χ3n) is 3.60. The molecule has 8 heteroatoms. The maximum atomic E-state index is 13.0. The molecule has 0 aliphatic carbocycles. The van der Waals surface area contributed by atoms with Crippen molar-refractivity contribution in [2.45, 2.75) is 25.6 Å². The Hall–Kier alpha value is -1.31. The summed E-state index contributed by atoms with van der Waals surface area (Å²) >= 11 is 0. The maximum Gasteiger partial charge on any atom is 0.406 e. The Morgan fingerprint density at radius 2 is 1.89 bits per heavy atom. The van der Waals surface area contributed by atoms with Gasteiger partial charge in [0.1, 0.15) is 0 Å². The fourth-order valence-corrected chi connectivity index (χ4v) is 2.23. The minimum atomic E-state index is -4.82. The number of carboxylic acid groups (broad SMARTS) is 1. The molecule has 0 bridgehead atoms. The number of alkyl halides is 3. The van der Waals surface area contributed by atoms with Gasteiger partial charge in [-0.2, -0.15) is 13.2 Å². The molecule has 1 N–H and O–H groups in total. The largest absolute Gasteiger partial charge is 0.481 e. The smallest absolute Gasteiger partial charge is 0.406 e. The van der Waals surface area contributed by atoms with Gasteiger partial charge in [0.2, 0.25) is 5.91 Å². The minimum absolute atomic E-state index is 0.0629. The summed E-state index contributed by atoms with van der Waals surface area (Å²) in [4.78, 5) is 25.3. The number of carbonyl (C=O) groups excluding carboxylic acids is 1. The predicted octanol–water partition coefficient (Wildman–Crippen LogP) is 0.802. The van der Waals surface area contributed by atoms with Crippen LogP contribution in [0.1, 0.15) is 13.3 Å². The quantitative estimate of drug-likeness (QED) is 0.832. The SMILES string of the molecule is CC(C(=O)N(C)C)N1CCC(C(=O)O)(C(F)(F)F)C1. The Labute approximate surface area is 109 Å². The molecule has 110 valence electrons. The Balaban J connectivity index is 2.92. The van der Waals surface area contributed by atoms with Crippen LogP contribution in [-0.2, 0) is 9.59 Å². The molecule has 2 atom stereocenters. The summed E-state index contributed by atoms with van der Waals surface area (Å²) in [6, 6.07) is -0.765. The highest BCUT2D eigenvalue weighted by Gasteiger charge is 2.64. The number of halogens is 3. The van der Waals surface area contributed by atoms with Crippen LogP contribution in [0.4, 0.5) is 13.2 Å². The molecule has 1 aliphatic rings. The first-order valence-corrected chi connectivity index (χ1v) is 5.78. The lowest BCUT2D eigenvalue weighted by molar-refractivity contribution is -0.228. The van der Waals surface area contributed by atoms with Crippen LogP contribution in [0.3, 0.4) is 0 Å². The monoisotopic (exact) mass is 282 g/mol. The Kier molecular flexibility index (Phi) is 4.14. The molecule has 1 amide bonds. The Bertz CT molecular complexity index is 384. The number of hydrogen-bond donors (Lipinski definition) is 1. The van der Waals surface area contributed by atoms with Gasteiger partial charge in [-0.15, -0.1) is 0 Å². The van der Waals surface area contributed by atoms with E-state index in [9.17, 15) is 22.8 Å². The van der Waals surface area contributed by atoms with E-state index in [-0.39, 0.29) is 12.5 Å². The lowest BCUT2D eigenvalue weighted by Gasteiger charge is -2.30. The molecule has 0 aromatic rings. The van der Waals surface area contributed by atoms with Gasteiger partial charge in [-0.05, 0) is 13.3 Å². The molecule has 1 rings (SSSR count). The van der Waals surface area contributed by atoms with Crippen molar-refractivity contribution >= 4 is 11.9 Å². The van der Waals surface area contributed by atoms with Crippen LogP contribution in [-0.4, -0.2) is 66.2 Å². The van der Waals surface area contributed by atoms with Gasteiger partial charge in [0.25, 0.3) is 0 Å². The zero-order valence-electron chi connectivity index (χ0n) is 11.0. The van der Waals surface area contributed by atoms with Crippen LogP contribution in [0, 0.1) is 5.41 Å². The Morgan fingerprint density at radius 1 is 1.37 bits per heavy atom. The summed E-state index contributed by atoms with van der Waals surface area (Å²) in [5.74, 6) is -2.23. The molecule has 0 radical (unpaired) electrons. The standard InChI is InChI=1S/C11H17F3N2O3/c1-7(8(17)15(2)3)16-5-4-10(6-16,9(18)19)11(12,13)14/h7H,4-6H2,1-3H3,(H,18,19). The molecule has 0 spiro atoms. The number of amides is 1. The van der Waals surface area contributed by atoms with E-state index in [0.29, 0.717) is 0 Å². The summed E-state index contributed by atoms with van der Waals surface area (Å²) in [6.07, 6.45) is -5.36. The third kappa shape index (κ3) is 2.68. The summed E-state index contributed by atoms with van der Waals surface area (Å²) in [6.45, 7) is 0.732. The Morgan fingerprint density at radius 3 is 2.21 bits per heavy atom. The van der Waals surface area contributed by atoms with E-state index in [0.717, 1.165) is 0 Å². The number of carboxylic acids is 1. The first kappa shape index (κ1) is 15.7. The zero-order chi connectivity index (χ0) is 15.0. The minimum Gasteiger partial charge on any atom is -0.481 e. The summed E-state index contributed by atoms with van der Waals surface area (Å²) < 4.78 is 38.9. The van der Waals surface area contributed by atoms with Crippen LogP contribution in [0.5, 0.6) is 0 Å². The molecule has 2 unspecified atom stereocenters. The fraction of sp³-hybridized carbons (Fsp3) is 0.818. The average molecular weight is 282 g/mol. The number of likely N-dealkylation sites (N-methyl/N-ethyl adjacent to an activating group) is 1. The van der Waals surface area contributed by atoms with Gasteiger partial charge in [-0.1, -0.05) is 0 Å². The van der Waals surface area contributed by atoms with Gasteiger partial charge in [0.05, 0.1) is 6.04 Å². The summed E-state index contributed by atoms with van der Waals surface area (Å²) in [5, 5.41) is 8.90.